The van der Waals surface area contributed by atoms with Crippen molar-refractivity contribution in [1.29, 1.82) is 0 Å². The van der Waals surface area contributed by atoms with Crippen LogP contribution in [0.25, 0.3) is 66.1 Å². The molecule has 1 unspecified atom stereocenters. The van der Waals surface area contributed by atoms with E-state index in [2.05, 4.69) is 206 Å². The van der Waals surface area contributed by atoms with E-state index in [0.29, 0.717) is 5.92 Å². The average molecular weight is 798 g/mol. The van der Waals surface area contributed by atoms with Gasteiger partial charge in [-0.15, -0.1) is 0 Å². The predicted octanol–water partition coefficient (Wildman–Crippen LogP) is 16.9. The summed E-state index contributed by atoms with van der Waals surface area (Å²) in [6.45, 7) is 2.41. The molecule has 0 aliphatic heterocycles. The zero-order valence-corrected chi connectivity index (χ0v) is 35.0. The summed E-state index contributed by atoms with van der Waals surface area (Å²) in [6.07, 6.45) is 6.44. The molecule has 2 aliphatic carbocycles. The van der Waals surface area contributed by atoms with Crippen molar-refractivity contribution in [3.05, 3.63) is 222 Å². The number of nitrogens with zero attached hydrogens (tertiary/aromatic N) is 1. The van der Waals surface area contributed by atoms with E-state index in [4.69, 9.17) is 4.42 Å². The number of benzene rings is 9. The molecule has 1 aromatic heterocycles. The van der Waals surface area contributed by atoms with Crippen molar-refractivity contribution in [3.63, 3.8) is 0 Å². The molecule has 1 saturated carbocycles. The summed E-state index contributed by atoms with van der Waals surface area (Å²) in [5.74, 6) is 0.570. The van der Waals surface area contributed by atoms with Crippen LogP contribution in [0.1, 0.15) is 67.2 Å². The van der Waals surface area contributed by atoms with Gasteiger partial charge in [0.25, 0.3) is 0 Å². The Morgan fingerprint density at radius 2 is 1.11 bits per heavy atom. The highest BCUT2D eigenvalue weighted by atomic mass is 16.3. The molecular weight excluding hydrogens is 751 g/mol. The van der Waals surface area contributed by atoms with Crippen molar-refractivity contribution in [2.45, 2.75) is 50.4 Å². The van der Waals surface area contributed by atoms with Gasteiger partial charge in [0, 0.05) is 33.0 Å². The zero-order valence-electron chi connectivity index (χ0n) is 35.0. The Kier molecular flexibility index (Phi) is 8.74. The number of hydrogen-bond acceptors (Lipinski definition) is 2. The van der Waals surface area contributed by atoms with Crippen molar-refractivity contribution in [3.8, 4) is 33.4 Å². The van der Waals surface area contributed by atoms with Crippen LogP contribution in [0.5, 0.6) is 0 Å². The van der Waals surface area contributed by atoms with Gasteiger partial charge in [-0.2, -0.15) is 0 Å². The third kappa shape index (κ3) is 5.77. The van der Waals surface area contributed by atoms with Crippen molar-refractivity contribution in [2.75, 3.05) is 4.90 Å². The monoisotopic (exact) mass is 797 g/mol. The second-order valence-corrected chi connectivity index (χ2v) is 17.5. The predicted molar refractivity (Wildman–Crippen MR) is 260 cm³/mol. The molecule has 2 heteroatoms. The fourth-order valence-electron chi connectivity index (χ4n) is 11.2. The van der Waals surface area contributed by atoms with Gasteiger partial charge >= 0.3 is 0 Å². The summed E-state index contributed by atoms with van der Waals surface area (Å²) in [4.78, 5) is 2.54. The number of fused-ring (bicyclic) bond motifs is 7. The lowest BCUT2D eigenvalue weighted by atomic mass is 9.74. The number of rotatable bonds is 7. The first-order valence-corrected chi connectivity index (χ1v) is 22.4. The molecule has 0 N–H and O–H groups in total. The fraction of sp³-hybridized carbons (Fsp3) is 0.133. The molecule has 0 amide bonds. The molecule has 0 radical (unpaired) electrons. The molecule has 1 heterocycles. The molecule has 1 atom stereocenters. The summed E-state index contributed by atoms with van der Waals surface area (Å²) >= 11 is 0. The SMILES string of the molecule is CC1(c2ccccc2)c2ccccc2-c2ccc(N(c3ccccc3-c3ccc4oc5ccccc5c4c3)c3ccccc3-c3cccc4cccc(C5CCCCC5)c34)cc21. The third-order valence-corrected chi connectivity index (χ3v) is 14.2. The van der Waals surface area contributed by atoms with Gasteiger partial charge in [0.05, 0.1) is 11.4 Å². The first-order valence-electron chi connectivity index (χ1n) is 22.4. The van der Waals surface area contributed by atoms with Gasteiger partial charge in [-0.05, 0) is 123 Å². The van der Waals surface area contributed by atoms with E-state index < -0.39 is 0 Å². The molecule has 298 valence electrons. The van der Waals surface area contributed by atoms with Crippen LogP contribution in [0.15, 0.2) is 205 Å². The molecule has 9 aromatic carbocycles. The van der Waals surface area contributed by atoms with Crippen molar-refractivity contribution in [1.82, 2.24) is 0 Å². The van der Waals surface area contributed by atoms with Gasteiger partial charge in [0.2, 0.25) is 0 Å². The minimum absolute atomic E-state index is 0.341. The van der Waals surface area contributed by atoms with E-state index in [-0.39, 0.29) is 5.41 Å². The van der Waals surface area contributed by atoms with E-state index in [0.717, 1.165) is 50.1 Å². The average Bonchev–Trinajstić information content (AvgIpc) is 3.84. The van der Waals surface area contributed by atoms with Crippen LogP contribution in [0.4, 0.5) is 17.1 Å². The molecule has 0 saturated heterocycles. The van der Waals surface area contributed by atoms with E-state index in [9.17, 15) is 0 Å². The molecule has 62 heavy (non-hydrogen) atoms. The van der Waals surface area contributed by atoms with Crippen LogP contribution < -0.4 is 4.90 Å². The maximum absolute atomic E-state index is 6.33. The third-order valence-electron chi connectivity index (χ3n) is 14.2. The second kappa shape index (κ2) is 14.8. The maximum Gasteiger partial charge on any atom is 0.135 e. The molecule has 10 aromatic rings. The Bertz CT molecular complexity index is 3310. The summed E-state index contributed by atoms with van der Waals surface area (Å²) in [5, 5.41) is 4.95. The molecule has 2 aliphatic rings. The first kappa shape index (κ1) is 36.7. The molecule has 2 nitrogen and oxygen atoms in total. The smallest absolute Gasteiger partial charge is 0.135 e. The molecule has 12 rings (SSSR count). The number of furan rings is 1. The fourth-order valence-corrected chi connectivity index (χ4v) is 11.2. The Balaban J connectivity index is 1.12. The number of hydrogen-bond donors (Lipinski definition) is 0. The maximum atomic E-state index is 6.33. The van der Waals surface area contributed by atoms with Gasteiger partial charge in [-0.3, -0.25) is 0 Å². The Morgan fingerprint density at radius 1 is 0.468 bits per heavy atom. The Hall–Kier alpha value is -7.16. The quantitative estimate of drug-likeness (QED) is 0.160. The lowest BCUT2D eigenvalue weighted by Crippen LogP contribution is -2.23. The normalized spacial score (nSPS) is 16.1. The lowest BCUT2D eigenvalue weighted by Gasteiger charge is -2.33. The van der Waals surface area contributed by atoms with Gasteiger partial charge < -0.3 is 9.32 Å². The van der Waals surface area contributed by atoms with Crippen LogP contribution in [0, 0.1) is 0 Å². The first-order chi connectivity index (χ1) is 30.6. The summed E-state index contributed by atoms with van der Waals surface area (Å²) in [5.41, 5.74) is 17.7. The van der Waals surface area contributed by atoms with Crippen molar-refractivity contribution >= 4 is 49.8 Å². The van der Waals surface area contributed by atoms with E-state index in [1.165, 1.54) is 87.4 Å². The molecular formula is C60H47NO. The van der Waals surface area contributed by atoms with E-state index in [1.54, 1.807) is 0 Å². The Labute approximate surface area is 363 Å². The van der Waals surface area contributed by atoms with Crippen LogP contribution in [-0.4, -0.2) is 0 Å². The largest absolute Gasteiger partial charge is 0.456 e. The van der Waals surface area contributed by atoms with Gasteiger partial charge in [0.15, 0.2) is 0 Å². The van der Waals surface area contributed by atoms with Gasteiger partial charge in [0.1, 0.15) is 11.2 Å². The van der Waals surface area contributed by atoms with Crippen molar-refractivity contribution < 1.29 is 4.42 Å². The molecule has 0 bridgehead atoms. The highest BCUT2D eigenvalue weighted by Gasteiger charge is 2.41. The Morgan fingerprint density at radius 3 is 1.95 bits per heavy atom. The minimum atomic E-state index is -0.341. The van der Waals surface area contributed by atoms with E-state index >= 15 is 0 Å². The standard InChI is InChI=1S/C60H47NO/c1-60(43-22-6-3-7-23-43)53-30-12-8-25-47(53)48-36-35-44(39-54(48)60)61(55-31-13-9-24-45(55)42-34-37-58-52(38-42)50-27-11-15-33-57(50)62-58)56-32-14-10-26-49(56)51-29-17-21-41-20-16-28-46(59(41)51)40-18-4-2-5-19-40/h3,6-17,20-40H,2,4-5,18-19H2,1H3. The highest BCUT2D eigenvalue weighted by Crippen LogP contribution is 2.55. The topological polar surface area (TPSA) is 16.4 Å². The highest BCUT2D eigenvalue weighted by molar-refractivity contribution is 6.08. The zero-order chi connectivity index (χ0) is 41.2. The van der Waals surface area contributed by atoms with Crippen LogP contribution in [0.3, 0.4) is 0 Å². The second-order valence-electron chi connectivity index (χ2n) is 17.5. The van der Waals surface area contributed by atoms with E-state index in [1.807, 2.05) is 6.07 Å². The molecule has 0 spiro atoms. The number of para-hydroxylation sites is 3. The van der Waals surface area contributed by atoms with Crippen LogP contribution in [0.2, 0.25) is 0 Å². The lowest BCUT2D eigenvalue weighted by molar-refractivity contribution is 0.445. The summed E-state index contributed by atoms with van der Waals surface area (Å²) in [7, 11) is 0. The summed E-state index contributed by atoms with van der Waals surface area (Å²) < 4.78 is 6.33. The molecule has 1 fully saturated rings. The van der Waals surface area contributed by atoms with Gasteiger partial charge in [-0.1, -0.05) is 177 Å². The summed E-state index contributed by atoms with van der Waals surface area (Å²) in [6, 6.07) is 74.3. The van der Waals surface area contributed by atoms with Gasteiger partial charge in [-0.25, -0.2) is 0 Å². The van der Waals surface area contributed by atoms with Crippen molar-refractivity contribution in [2.24, 2.45) is 0 Å². The minimum Gasteiger partial charge on any atom is -0.456 e. The van der Waals surface area contributed by atoms with Crippen LogP contribution in [-0.2, 0) is 5.41 Å². The number of anilines is 3. The van der Waals surface area contributed by atoms with Crippen LogP contribution >= 0.6 is 0 Å².